The summed E-state index contributed by atoms with van der Waals surface area (Å²) in [6, 6.07) is 8.58. The number of likely N-dealkylation sites (tertiary alicyclic amines) is 1. The second-order valence-corrected chi connectivity index (χ2v) is 7.73. The van der Waals surface area contributed by atoms with Crippen LogP contribution in [0.4, 0.5) is 0 Å². The smallest absolute Gasteiger partial charge is 0.255 e. The fourth-order valence-electron chi connectivity index (χ4n) is 3.48. The quantitative estimate of drug-likeness (QED) is 0.876. The SMILES string of the molecule is CCN1CCC(C)C(NC(=O)c2ccc(=O)n(-c3cc(C)ccc3Cl)c2)C1. The van der Waals surface area contributed by atoms with Crippen LogP contribution in [0.2, 0.25) is 5.02 Å². The zero-order chi connectivity index (χ0) is 19.6. The monoisotopic (exact) mass is 387 g/mol. The minimum atomic E-state index is -0.220. The van der Waals surface area contributed by atoms with Crippen LogP contribution < -0.4 is 10.9 Å². The number of rotatable bonds is 4. The van der Waals surface area contributed by atoms with Crippen molar-refractivity contribution >= 4 is 17.5 Å². The van der Waals surface area contributed by atoms with Gasteiger partial charge in [-0.3, -0.25) is 14.2 Å². The molecular formula is C21H26ClN3O2. The van der Waals surface area contributed by atoms with Crippen LogP contribution in [0.5, 0.6) is 0 Å². The molecule has 1 aliphatic rings. The molecule has 1 N–H and O–H groups in total. The van der Waals surface area contributed by atoms with Crippen molar-refractivity contribution in [2.45, 2.75) is 33.2 Å². The maximum atomic E-state index is 12.8. The highest BCUT2D eigenvalue weighted by Crippen LogP contribution is 2.21. The van der Waals surface area contributed by atoms with Crippen molar-refractivity contribution in [2.75, 3.05) is 19.6 Å². The maximum Gasteiger partial charge on any atom is 0.255 e. The summed E-state index contributed by atoms with van der Waals surface area (Å²) in [5, 5.41) is 3.62. The molecule has 1 saturated heterocycles. The molecule has 1 amide bonds. The largest absolute Gasteiger partial charge is 0.348 e. The van der Waals surface area contributed by atoms with Crippen molar-refractivity contribution in [2.24, 2.45) is 5.92 Å². The first kappa shape index (κ1) is 19.6. The Balaban J connectivity index is 1.86. The van der Waals surface area contributed by atoms with Gasteiger partial charge in [0.05, 0.1) is 16.3 Å². The van der Waals surface area contributed by atoms with E-state index in [1.54, 1.807) is 18.3 Å². The van der Waals surface area contributed by atoms with Gasteiger partial charge in [-0.2, -0.15) is 0 Å². The lowest BCUT2D eigenvalue weighted by atomic mass is 9.93. The van der Waals surface area contributed by atoms with Gasteiger partial charge in [0, 0.05) is 24.8 Å². The number of pyridine rings is 1. The molecule has 2 heterocycles. The van der Waals surface area contributed by atoms with Crippen molar-refractivity contribution in [3.63, 3.8) is 0 Å². The van der Waals surface area contributed by atoms with Crippen LogP contribution in [0.15, 0.2) is 41.3 Å². The van der Waals surface area contributed by atoms with Crippen LogP contribution in [0.1, 0.15) is 36.2 Å². The molecule has 1 aromatic carbocycles. The number of aromatic nitrogens is 1. The normalized spacial score (nSPS) is 20.4. The third-order valence-corrected chi connectivity index (χ3v) is 5.66. The summed E-state index contributed by atoms with van der Waals surface area (Å²) in [6.07, 6.45) is 2.64. The minimum Gasteiger partial charge on any atom is -0.348 e. The summed E-state index contributed by atoms with van der Waals surface area (Å²) in [6.45, 7) is 9.15. The first-order valence-corrected chi connectivity index (χ1v) is 9.79. The molecule has 144 valence electrons. The Labute approximate surface area is 164 Å². The standard InChI is InChI=1S/C21H26ClN3O2/c1-4-24-10-9-15(3)18(13-24)23-21(27)16-6-8-20(26)25(12-16)19-11-14(2)5-7-17(19)22/h5-8,11-12,15,18H,4,9-10,13H2,1-3H3,(H,23,27). The number of hydrogen-bond acceptors (Lipinski definition) is 3. The number of likely N-dealkylation sites (N-methyl/N-ethyl adjacent to an activating group) is 1. The number of carbonyl (C=O) groups is 1. The van der Waals surface area contributed by atoms with Crippen LogP contribution in [-0.2, 0) is 0 Å². The molecule has 0 spiro atoms. The Morgan fingerprint density at radius 1 is 1.30 bits per heavy atom. The first-order chi connectivity index (χ1) is 12.9. The highest BCUT2D eigenvalue weighted by Gasteiger charge is 2.27. The van der Waals surface area contributed by atoms with E-state index in [4.69, 9.17) is 11.6 Å². The zero-order valence-corrected chi connectivity index (χ0v) is 16.8. The molecule has 0 bridgehead atoms. The van der Waals surface area contributed by atoms with Gasteiger partial charge >= 0.3 is 0 Å². The molecule has 2 aromatic rings. The molecule has 27 heavy (non-hydrogen) atoms. The number of hydrogen-bond donors (Lipinski definition) is 1. The topological polar surface area (TPSA) is 54.3 Å². The van der Waals surface area contributed by atoms with Crippen molar-refractivity contribution in [3.8, 4) is 5.69 Å². The van der Waals surface area contributed by atoms with E-state index in [1.807, 2.05) is 19.1 Å². The van der Waals surface area contributed by atoms with Gasteiger partial charge < -0.3 is 10.2 Å². The van der Waals surface area contributed by atoms with Crippen LogP contribution in [-0.4, -0.2) is 41.1 Å². The molecule has 1 aliphatic heterocycles. The Kier molecular flexibility index (Phi) is 6.02. The molecule has 0 aliphatic carbocycles. The summed E-state index contributed by atoms with van der Waals surface area (Å²) in [5.74, 6) is 0.260. The van der Waals surface area contributed by atoms with Gasteiger partial charge in [0.2, 0.25) is 0 Å². The molecular weight excluding hydrogens is 362 g/mol. The number of nitrogens with one attached hydrogen (secondary N) is 1. The number of aryl methyl sites for hydroxylation is 1. The third kappa shape index (κ3) is 4.42. The Morgan fingerprint density at radius 2 is 2.07 bits per heavy atom. The number of carbonyl (C=O) groups excluding carboxylic acids is 1. The zero-order valence-electron chi connectivity index (χ0n) is 16.0. The van der Waals surface area contributed by atoms with Gasteiger partial charge in [-0.15, -0.1) is 0 Å². The Hall–Kier alpha value is -2.11. The molecule has 2 atom stereocenters. The second kappa shape index (κ2) is 8.28. The number of halogens is 1. The van der Waals surface area contributed by atoms with Gasteiger partial charge in [0.25, 0.3) is 11.5 Å². The van der Waals surface area contributed by atoms with Gasteiger partial charge in [-0.05, 0) is 56.1 Å². The lowest BCUT2D eigenvalue weighted by molar-refractivity contribution is 0.0865. The highest BCUT2D eigenvalue weighted by molar-refractivity contribution is 6.32. The highest BCUT2D eigenvalue weighted by atomic mass is 35.5. The van der Waals surface area contributed by atoms with E-state index in [9.17, 15) is 9.59 Å². The second-order valence-electron chi connectivity index (χ2n) is 7.32. The van der Waals surface area contributed by atoms with E-state index < -0.39 is 0 Å². The van der Waals surface area contributed by atoms with Crippen LogP contribution >= 0.6 is 11.6 Å². The van der Waals surface area contributed by atoms with Crippen molar-refractivity contribution in [3.05, 3.63) is 63.0 Å². The number of benzene rings is 1. The predicted octanol–water partition coefficient (Wildman–Crippen LogP) is 3.26. The van der Waals surface area contributed by atoms with Crippen LogP contribution in [0, 0.1) is 12.8 Å². The fraction of sp³-hybridized carbons (Fsp3) is 0.429. The van der Waals surface area contributed by atoms with E-state index in [0.29, 0.717) is 22.2 Å². The number of piperidine rings is 1. The van der Waals surface area contributed by atoms with E-state index in [2.05, 4.69) is 24.1 Å². The number of nitrogens with zero attached hydrogens (tertiary/aromatic N) is 2. The van der Waals surface area contributed by atoms with E-state index >= 15 is 0 Å². The first-order valence-electron chi connectivity index (χ1n) is 9.41. The molecule has 6 heteroatoms. The lowest BCUT2D eigenvalue weighted by Crippen LogP contribution is -2.51. The summed E-state index contributed by atoms with van der Waals surface area (Å²) in [5.41, 5.74) is 1.81. The Morgan fingerprint density at radius 3 is 2.81 bits per heavy atom. The average molecular weight is 388 g/mol. The van der Waals surface area contributed by atoms with Crippen LogP contribution in [0.3, 0.4) is 0 Å². The van der Waals surface area contributed by atoms with Gasteiger partial charge in [0.1, 0.15) is 0 Å². The third-order valence-electron chi connectivity index (χ3n) is 5.34. The van der Waals surface area contributed by atoms with E-state index in [-0.39, 0.29) is 17.5 Å². The lowest BCUT2D eigenvalue weighted by Gasteiger charge is -2.36. The predicted molar refractivity (Wildman–Crippen MR) is 109 cm³/mol. The van der Waals surface area contributed by atoms with Gasteiger partial charge in [0.15, 0.2) is 0 Å². The summed E-state index contributed by atoms with van der Waals surface area (Å²) in [4.78, 5) is 27.5. The molecule has 1 fully saturated rings. The minimum absolute atomic E-state index is 0.106. The molecule has 0 radical (unpaired) electrons. The summed E-state index contributed by atoms with van der Waals surface area (Å²) in [7, 11) is 0. The van der Waals surface area contributed by atoms with Crippen molar-refractivity contribution in [1.29, 1.82) is 0 Å². The van der Waals surface area contributed by atoms with Gasteiger partial charge in [-0.1, -0.05) is 31.5 Å². The molecule has 5 nitrogen and oxygen atoms in total. The molecule has 3 rings (SSSR count). The average Bonchev–Trinajstić information content (AvgIpc) is 2.66. The number of amides is 1. The van der Waals surface area contributed by atoms with Crippen LogP contribution in [0.25, 0.3) is 5.69 Å². The molecule has 2 unspecified atom stereocenters. The maximum absolute atomic E-state index is 12.8. The molecule has 1 aromatic heterocycles. The Bertz CT molecular complexity index is 893. The van der Waals surface area contributed by atoms with Crippen molar-refractivity contribution < 1.29 is 4.79 Å². The summed E-state index contributed by atoms with van der Waals surface area (Å²) < 4.78 is 1.44. The van der Waals surface area contributed by atoms with Crippen molar-refractivity contribution in [1.82, 2.24) is 14.8 Å². The fourth-order valence-corrected chi connectivity index (χ4v) is 3.69. The van der Waals surface area contributed by atoms with Gasteiger partial charge in [-0.25, -0.2) is 0 Å². The van der Waals surface area contributed by atoms with E-state index in [0.717, 1.165) is 31.6 Å². The van der Waals surface area contributed by atoms with E-state index in [1.165, 1.54) is 10.6 Å². The molecule has 0 saturated carbocycles. The summed E-state index contributed by atoms with van der Waals surface area (Å²) >= 11 is 6.28.